The summed E-state index contributed by atoms with van der Waals surface area (Å²) >= 11 is 0. The normalized spacial score (nSPS) is 20.9. The zero-order valence-electron chi connectivity index (χ0n) is 16.3. The molecule has 6 heteroatoms. The maximum Gasteiger partial charge on any atom is 0.343 e. The Morgan fingerprint density at radius 3 is 2.41 bits per heavy atom. The van der Waals surface area contributed by atoms with E-state index in [9.17, 15) is 4.79 Å². The van der Waals surface area contributed by atoms with Crippen molar-refractivity contribution < 1.29 is 0 Å². The number of H-pyrrole nitrogens is 1. The van der Waals surface area contributed by atoms with Crippen LogP contribution >= 0.6 is 0 Å². The van der Waals surface area contributed by atoms with Gasteiger partial charge in [-0.3, -0.25) is 9.47 Å². The molecule has 1 aromatic heterocycles. The van der Waals surface area contributed by atoms with Gasteiger partial charge in [-0.05, 0) is 64.3 Å². The number of aromatic nitrogens is 3. The van der Waals surface area contributed by atoms with Gasteiger partial charge >= 0.3 is 5.69 Å². The minimum atomic E-state index is -0.0688. The molecule has 1 N–H and O–H groups in total. The van der Waals surface area contributed by atoms with Crippen LogP contribution in [0.15, 0.2) is 35.1 Å². The van der Waals surface area contributed by atoms with Gasteiger partial charge in [0.25, 0.3) is 0 Å². The third kappa shape index (κ3) is 4.17. The van der Waals surface area contributed by atoms with E-state index in [1.165, 1.54) is 31.5 Å². The largest absolute Gasteiger partial charge is 0.343 e. The van der Waals surface area contributed by atoms with Crippen molar-refractivity contribution in [2.45, 2.75) is 57.7 Å². The summed E-state index contributed by atoms with van der Waals surface area (Å²) < 4.78 is 1.79. The summed E-state index contributed by atoms with van der Waals surface area (Å²) in [6.45, 7) is 8.41. The fraction of sp³-hybridized carbons (Fsp3) is 0.619. The number of hydrogen-bond donors (Lipinski definition) is 1. The average Bonchev–Trinajstić information content (AvgIpc) is 3.10. The molecule has 6 nitrogen and oxygen atoms in total. The lowest BCUT2D eigenvalue weighted by molar-refractivity contribution is 0.0834. The number of piperidine rings is 2. The SMILES string of the molecule is CCn1c(C2CCN(C3CCN(Cc4ccccc4)CC3)CC2)n[nH]c1=O. The maximum absolute atomic E-state index is 11.8. The molecule has 0 amide bonds. The number of rotatable bonds is 5. The molecule has 0 radical (unpaired) electrons. The zero-order chi connectivity index (χ0) is 18.6. The van der Waals surface area contributed by atoms with Gasteiger partial charge in [0.15, 0.2) is 0 Å². The maximum atomic E-state index is 11.8. The summed E-state index contributed by atoms with van der Waals surface area (Å²) in [7, 11) is 0. The van der Waals surface area contributed by atoms with E-state index in [2.05, 4.69) is 50.3 Å². The number of nitrogens with one attached hydrogen (secondary N) is 1. The molecular weight excluding hydrogens is 338 g/mol. The molecule has 0 unspecified atom stereocenters. The smallest absolute Gasteiger partial charge is 0.300 e. The molecule has 1 aromatic carbocycles. The van der Waals surface area contributed by atoms with Crippen molar-refractivity contribution in [3.05, 3.63) is 52.2 Å². The van der Waals surface area contributed by atoms with Crippen molar-refractivity contribution >= 4 is 0 Å². The molecule has 27 heavy (non-hydrogen) atoms. The molecule has 2 aromatic rings. The number of hydrogen-bond acceptors (Lipinski definition) is 4. The first-order chi connectivity index (χ1) is 13.2. The summed E-state index contributed by atoms with van der Waals surface area (Å²) in [6, 6.07) is 11.5. The third-order valence-corrected chi connectivity index (χ3v) is 6.32. The molecule has 0 saturated carbocycles. The molecule has 146 valence electrons. The molecular formula is C21H31N5O. The first kappa shape index (κ1) is 18.4. The molecule has 0 spiro atoms. The average molecular weight is 370 g/mol. The first-order valence-corrected chi connectivity index (χ1v) is 10.4. The van der Waals surface area contributed by atoms with Gasteiger partial charge in [-0.15, -0.1) is 0 Å². The topological polar surface area (TPSA) is 57.2 Å². The number of aromatic amines is 1. The quantitative estimate of drug-likeness (QED) is 0.879. The molecule has 2 aliphatic heterocycles. The molecule has 4 rings (SSSR count). The Morgan fingerprint density at radius 2 is 1.74 bits per heavy atom. The van der Waals surface area contributed by atoms with Crippen molar-refractivity contribution in [1.29, 1.82) is 0 Å². The second-order valence-electron chi connectivity index (χ2n) is 7.93. The van der Waals surface area contributed by atoms with Crippen LogP contribution in [0.4, 0.5) is 0 Å². The minimum absolute atomic E-state index is 0.0688. The van der Waals surface area contributed by atoms with E-state index < -0.39 is 0 Å². The lowest BCUT2D eigenvalue weighted by atomic mass is 9.92. The Hall–Kier alpha value is -1.92. The molecule has 3 heterocycles. The first-order valence-electron chi connectivity index (χ1n) is 10.4. The fourth-order valence-electron chi connectivity index (χ4n) is 4.75. The number of likely N-dealkylation sites (tertiary alicyclic amines) is 2. The molecule has 2 saturated heterocycles. The van der Waals surface area contributed by atoms with E-state index in [1.54, 1.807) is 4.57 Å². The van der Waals surface area contributed by atoms with Crippen molar-refractivity contribution in [3.8, 4) is 0 Å². The molecule has 2 aliphatic rings. The minimum Gasteiger partial charge on any atom is -0.300 e. The van der Waals surface area contributed by atoms with Crippen molar-refractivity contribution in [1.82, 2.24) is 24.6 Å². The standard InChI is InChI=1S/C21H31N5O/c1-2-26-20(22-23-21(26)27)18-8-14-25(15-9-18)19-10-12-24(13-11-19)16-17-6-4-3-5-7-17/h3-7,18-19H,2,8-16H2,1H3,(H,23,27). The predicted molar refractivity (Wildman–Crippen MR) is 107 cm³/mol. The van der Waals surface area contributed by atoms with Crippen molar-refractivity contribution in [2.75, 3.05) is 26.2 Å². The van der Waals surface area contributed by atoms with Gasteiger partial charge in [-0.25, -0.2) is 9.89 Å². The van der Waals surface area contributed by atoms with Gasteiger partial charge in [-0.1, -0.05) is 30.3 Å². The number of benzene rings is 1. The summed E-state index contributed by atoms with van der Waals surface area (Å²) in [5, 5.41) is 6.92. The van der Waals surface area contributed by atoms with Crippen LogP contribution in [0.25, 0.3) is 0 Å². The Balaban J connectivity index is 1.26. The van der Waals surface area contributed by atoms with Gasteiger partial charge < -0.3 is 4.90 Å². The van der Waals surface area contributed by atoms with E-state index in [-0.39, 0.29) is 5.69 Å². The molecule has 0 atom stereocenters. The Morgan fingerprint density at radius 1 is 1.04 bits per heavy atom. The van der Waals surface area contributed by atoms with E-state index in [4.69, 9.17) is 0 Å². The van der Waals surface area contributed by atoms with Crippen LogP contribution in [0.1, 0.15) is 49.9 Å². The van der Waals surface area contributed by atoms with Crippen LogP contribution in [-0.2, 0) is 13.1 Å². The van der Waals surface area contributed by atoms with Gasteiger partial charge in [0, 0.05) is 25.0 Å². The van der Waals surface area contributed by atoms with Crippen LogP contribution in [0.3, 0.4) is 0 Å². The zero-order valence-corrected chi connectivity index (χ0v) is 16.3. The molecule has 2 fully saturated rings. The van der Waals surface area contributed by atoms with E-state index in [1.807, 2.05) is 6.92 Å². The second kappa shape index (κ2) is 8.40. The highest BCUT2D eigenvalue weighted by Gasteiger charge is 2.30. The summed E-state index contributed by atoms with van der Waals surface area (Å²) in [6.07, 6.45) is 4.74. The Bertz CT molecular complexity index is 767. The summed E-state index contributed by atoms with van der Waals surface area (Å²) in [4.78, 5) is 17.1. The monoisotopic (exact) mass is 369 g/mol. The van der Waals surface area contributed by atoms with Gasteiger partial charge in [0.05, 0.1) is 0 Å². The van der Waals surface area contributed by atoms with Crippen molar-refractivity contribution in [3.63, 3.8) is 0 Å². The number of nitrogens with zero attached hydrogens (tertiary/aromatic N) is 4. The Kier molecular flexibility index (Phi) is 5.74. The van der Waals surface area contributed by atoms with Crippen LogP contribution in [0.2, 0.25) is 0 Å². The summed E-state index contributed by atoms with van der Waals surface area (Å²) in [5.41, 5.74) is 1.35. The van der Waals surface area contributed by atoms with E-state index >= 15 is 0 Å². The van der Waals surface area contributed by atoms with E-state index in [0.29, 0.717) is 18.5 Å². The highest BCUT2D eigenvalue weighted by Crippen LogP contribution is 2.29. The Labute approximate surface area is 161 Å². The second-order valence-corrected chi connectivity index (χ2v) is 7.93. The van der Waals surface area contributed by atoms with Gasteiger partial charge in [0.1, 0.15) is 5.82 Å². The van der Waals surface area contributed by atoms with Crippen LogP contribution in [0.5, 0.6) is 0 Å². The third-order valence-electron chi connectivity index (χ3n) is 6.32. The fourth-order valence-corrected chi connectivity index (χ4v) is 4.75. The van der Waals surface area contributed by atoms with E-state index in [0.717, 1.165) is 38.3 Å². The lowest BCUT2D eigenvalue weighted by Crippen LogP contribution is -2.47. The van der Waals surface area contributed by atoms with Crippen LogP contribution < -0.4 is 5.69 Å². The van der Waals surface area contributed by atoms with Crippen LogP contribution in [-0.4, -0.2) is 56.8 Å². The molecule has 0 bridgehead atoms. The molecule has 0 aliphatic carbocycles. The van der Waals surface area contributed by atoms with Gasteiger partial charge in [-0.2, -0.15) is 5.10 Å². The van der Waals surface area contributed by atoms with Crippen molar-refractivity contribution in [2.24, 2.45) is 0 Å². The lowest BCUT2D eigenvalue weighted by Gasteiger charge is -2.41. The highest BCUT2D eigenvalue weighted by atomic mass is 16.1. The highest BCUT2D eigenvalue weighted by molar-refractivity contribution is 5.14. The summed E-state index contributed by atoms with van der Waals surface area (Å²) in [5.74, 6) is 1.37. The predicted octanol–water partition coefficient (Wildman–Crippen LogP) is 2.44. The van der Waals surface area contributed by atoms with Gasteiger partial charge in [0.2, 0.25) is 0 Å². The van der Waals surface area contributed by atoms with Crippen LogP contribution in [0, 0.1) is 0 Å².